The van der Waals surface area contributed by atoms with Crippen LogP contribution in [0.15, 0.2) is 59.1 Å². The van der Waals surface area contributed by atoms with E-state index in [0.29, 0.717) is 18.8 Å². The number of rotatable bonds is 6. The van der Waals surface area contributed by atoms with Gasteiger partial charge in [-0.1, -0.05) is 53.7 Å². The number of para-hydroxylation sites is 1. The number of amides is 2. The Morgan fingerprint density at radius 2 is 1.75 bits per heavy atom. The van der Waals surface area contributed by atoms with Gasteiger partial charge in [0, 0.05) is 37.6 Å². The Hall–Kier alpha value is -3.61. The van der Waals surface area contributed by atoms with Crippen molar-refractivity contribution in [3.63, 3.8) is 0 Å². The Bertz CT molecular complexity index is 1070. The molecule has 7 nitrogen and oxygen atoms in total. The maximum absolute atomic E-state index is 12.6. The first-order valence-electron chi connectivity index (χ1n) is 10.8. The number of likely N-dealkylation sites (tertiary alicyclic amines) is 1. The summed E-state index contributed by atoms with van der Waals surface area (Å²) >= 11 is 0. The minimum Gasteiger partial charge on any atom is -0.490 e. The number of carbonyl (C=O) groups is 2. The normalized spacial score (nSPS) is 14.2. The predicted octanol–water partition coefficient (Wildman–Crippen LogP) is 3.76. The van der Waals surface area contributed by atoms with Gasteiger partial charge in [0.25, 0.3) is 5.91 Å². The van der Waals surface area contributed by atoms with Crippen LogP contribution in [0.5, 0.6) is 5.75 Å². The summed E-state index contributed by atoms with van der Waals surface area (Å²) < 4.78 is 11.5. The van der Waals surface area contributed by atoms with Crippen LogP contribution in [0.2, 0.25) is 0 Å². The first-order valence-corrected chi connectivity index (χ1v) is 10.8. The molecule has 2 heterocycles. The van der Waals surface area contributed by atoms with Crippen LogP contribution in [0, 0.1) is 13.8 Å². The molecule has 0 radical (unpaired) electrons. The van der Waals surface area contributed by atoms with Crippen molar-refractivity contribution >= 4 is 11.8 Å². The molecule has 0 bridgehead atoms. The molecule has 2 aromatic carbocycles. The highest BCUT2D eigenvalue weighted by Gasteiger charge is 2.25. The first-order chi connectivity index (χ1) is 15.5. The van der Waals surface area contributed by atoms with Crippen LogP contribution >= 0.6 is 0 Å². The van der Waals surface area contributed by atoms with Crippen LogP contribution in [-0.2, 0) is 4.79 Å². The summed E-state index contributed by atoms with van der Waals surface area (Å²) in [6, 6.07) is 17.1. The van der Waals surface area contributed by atoms with E-state index in [2.05, 4.69) is 10.5 Å². The van der Waals surface area contributed by atoms with E-state index in [4.69, 9.17) is 9.26 Å². The molecule has 0 spiro atoms. The highest BCUT2D eigenvalue weighted by Crippen LogP contribution is 2.26. The van der Waals surface area contributed by atoms with Gasteiger partial charge in [0.2, 0.25) is 5.91 Å². The van der Waals surface area contributed by atoms with Gasteiger partial charge in [0.15, 0.2) is 11.5 Å². The molecule has 1 aliphatic rings. The summed E-state index contributed by atoms with van der Waals surface area (Å²) in [7, 11) is 0. The molecule has 1 fully saturated rings. The van der Waals surface area contributed by atoms with E-state index >= 15 is 0 Å². The molecule has 0 saturated carbocycles. The summed E-state index contributed by atoms with van der Waals surface area (Å²) in [4.78, 5) is 26.7. The third-order valence-electron chi connectivity index (χ3n) is 5.69. The number of aryl methyl sites for hydroxylation is 2. The molecule has 1 aromatic heterocycles. The molecule has 166 valence electrons. The number of nitrogens with zero attached hydrogens (tertiary/aromatic N) is 2. The van der Waals surface area contributed by atoms with Crippen molar-refractivity contribution in [1.29, 1.82) is 0 Å². The van der Waals surface area contributed by atoms with Crippen LogP contribution in [0.25, 0.3) is 11.3 Å². The van der Waals surface area contributed by atoms with Crippen LogP contribution in [0.3, 0.4) is 0 Å². The van der Waals surface area contributed by atoms with Gasteiger partial charge in [-0.2, -0.15) is 0 Å². The largest absolute Gasteiger partial charge is 0.490 e. The average molecular weight is 434 g/mol. The smallest absolute Gasteiger partial charge is 0.273 e. The lowest BCUT2D eigenvalue weighted by Crippen LogP contribution is -2.46. The third kappa shape index (κ3) is 4.99. The minimum atomic E-state index is -0.433. The molecule has 0 atom stereocenters. The second-order valence-electron chi connectivity index (χ2n) is 8.04. The summed E-state index contributed by atoms with van der Waals surface area (Å²) in [5, 5.41) is 6.46. The monoisotopic (exact) mass is 433 g/mol. The predicted molar refractivity (Wildman–Crippen MR) is 120 cm³/mol. The van der Waals surface area contributed by atoms with Gasteiger partial charge in [0.1, 0.15) is 11.9 Å². The number of carbonyl (C=O) groups excluding carboxylic acids is 2. The lowest BCUT2D eigenvalue weighted by Gasteiger charge is -2.33. The van der Waals surface area contributed by atoms with Crippen molar-refractivity contribution in [2.24, 2.45) is 0 Å². The van der Waals surface area contributed by atoms with Gasteiger partial charge < -0.3 is 19.5 Å². The molecule has 2 amide bonds. The summed E-state index contributed by atoms with van der Waals surface area (Å²) in [5.41, 5.74) is 3.22. The Balaban J connectivity index is 1.25. The summed E-state index contributed by atoms with van der Waals surface area (Å²) in [5.74, 6) is 0.897. The number of aromatic nitrogens is 1. The maximum atomic E-state index is 12.6. The van der Waals surface area contributed by atoms with Crippen molar-refractivity contribution < 1.29 is 18.8 Å². The zero-order valence-electron chi connectivity index (χ0n) is 18.3. The van der Waals surface area contributed by atoms with E-state index in [9.17, 15) is 9.59 Å². The zero-order valence-corrected chi connectivity index (χ0v) is 18.3. The number of hydrogen-bond acceptors (Lipinski definition) is 5. The molecule has 1 N–H and O–H groups in total. The second kappa shape index (κ2) is 9.68. The Morgan fingerprint density at radius 3 is 2.44 bits per heavy atom. The Labute approximate surface area is 187 Å². The Morgan fingerprint density at radius 1 is 1.06 bits per heavy atom. The van der Waals surface area contributed by atoms with Gasteiger partial charge in [-0.3, -0.25) is 9.59 Å². The number of ether oxygens (including phenoxy) is 1. The molecule has 0 unspecified atom stereocenters. The fourth-order valence-corrected chi connectivity index (χ4v) is 3.85. The molecule has 1 saturated heterocycles. The van der Waals surface area contributed by atoms with E-state index in [1.807, 2.05) is 62.4 Å². The van der Waals surface area contributed by atoms with Crippen molar-refractivity contribution in [2.45, 2.75) is 32.8 Å². The Kier molecular flexibility index (Phi) is 6.54. The van der Waals surface area contributed by atoms with Crippen molar-refractivity contribution in [3.8, 4) is 17.1 Å². The van der Waals surface area contributed by atoms with Gasteiger partial charge in [-0.25, -0.2) is 0 Å². The van der Waals surface area contributed by atoms with Crippen LogP contribution in [-0.4, -0.2) is 47.6 Å². The number of nitrogens with one attached hydrogen (secondary N) is 1. The fourth-order valence-electron chi connectivity index (χ4n) is 3.85. The quantitative estimate of drug-likeness (QED) is 0.640. The van der Waals surface area contributed by atoms with E-state index in [-0.39, 0.29) is 24.2 Å². The van der Waals surface area contributed by atoms with Crippen LogP contribution < -0.4 is 10.1 Å². The molecule has 3 aromatic rings. The lowest BCUT2D eigenvalue weighted by molar-refractivity contribution is -0.131. The van der Waals surface area contributed by atoms with Gasteiger partial charge in [0.05, 0.1) is 6.54 Å². The number of piperidine rings is 1. The number of hydrogen-bond donors (Lipinski definition) is 1. The van der Waals surface area contributed by atoms with Gasteiger partial charge in [-0.15, -0.1) is 0 Å². The van der Waals surface area contributed by atoms with Crippen molar-refractivity contribution in [2.75, 3.05) is 19.6 Å². The highest BCUT2D eigenvalue weighted by atomic mass is 16.5. The summed E-state index contributed by atoms with van der Waals surface area (Å²) in [6.45, 7) is 5.22. The van der Waals surface area contributed by atoms with E-state index in [1.54, 1.807) is 11.0 Å². The van der Waals surface area contributed by atoms with E-state index in [1.165, 1.54) is 0 Å². The third-order valence-corrected chi connectivity index (χ3v) is 5.69. The van der Waals surface area contributed by atoms with Crippen molar-refractivity contribution in [1.82, 2.24) is 15.4 Å². The zero-order chi connectivity index (χ0) is 22.5. The molecule has 0 aliphatic carbocycles. The van der Waals surface area contributed by atoms with Crippen molar-refractivity contribution in [3.05, 3.63) is 71.4 Å². The first kappa shape index (κ1) is 21.6. The van der Waals surface area contributed by atoms with Crippen LogP contribution in [0.1, 0.15) is 34.5 Å². The topological polar surface area (TPSA) is 84.7 Å². The maximum Gasteiger partial charge on any atom is 0.273 e. The van der Waals surface area contributed by atoms with E-state index in [0.717, 1.165) is 35.3 Å². The lowest BCUT2D eigenvalue weighted by atomic mass is 10.1. The molecule has 4 rings (SSSR count). The van der Waals surface area contributed by atoms with Gasteiger partial charge >= 0.3 is 0 Å². The molecular weight excluding hydrogens is 406 g/mol. The minimum absolute atomic E-state index is 0.0746. The SMILES string of the molecule is Cc1cccc(C)c1OC1CCN(C(=O)CNC(=O)c2cc(-c3ccccc3)on2)CC1. The molecular formula is C25H27N3O4. The van der Waals surface area contributed by atoms with Gasteiger partial charge in [-0.05, 0) is 25.0 Å². The summed E-state index contributed by atoms with van der Waals surface area (Å²) in [6.07, 6.45) is 1.61. The standard InChI is InChI=1S/C25H27N3O4/c1-17-7-6-8-18(2)24(17)31-20-11-13-28(14-12-20)23(29)16-26-25(30)21-15-22(32-27-21)19-9-4-3-5-10-19/h3-10,15,20H,11-14,16H2,1-2H3,(H,26,30). The highest BCUT2D eigenvalue weighted by molar-refractivity contribution is 5.95. The second-order valence-corrected chi connectivity index (χ2v) is 8.04. The fraction of sp³-hybridized carbons (Fsp3) is 0.320. The molecule has 32 heavy (non-hydrogen) atoms. The molecule has 1 aliphatic heterocycles. The molecule has 7 heteroatoms. The van der Waals surface area contributed by atoms with Crippen LogP contribution in [0.4, 0.5) is 0 Å². The number of benzene rings is 2. The van der Waals surface area contributed by atoms with E-state index < -0.39 is 5.91 Å². The average Bonchev–Trinajstić information content (AvgIpc) is 3.31.